The molecule has 0 aromatic heterocycles. The Morgan fingerprint density at radius 1 is 1.05 bits per heavy atom. The third kappa shape index (κ3) is 3.74. The molecule has 0 radical (unpaired) electrons. The van der Waals surface area contributed by atoms with Crippen molar-refractivity contribution in [1.29, 1.82) is 0 Å². The first kappa shape index (κ1) is 16.2. The van der Waals surface area contributed by atoms with Gasteiger partial charge in [0.05, 0.1) is 0 Å². The highest BCUT2D eigenvalue weighted by atomic mass is 32.2. The number of ketones is 1. The molecule has 2 aromatic carbocycles. The molecule has 0 aliphatic carbocycles. The summed E-state index contributed by atoms with van der Waals surface area (Å²) in [5.74, 6) is 0.442. The van der Waals surface area contributed by atoms with Crippen LogP contribution in [0.25, 0.3) is 0 Å². The molecule has 0 saturated heterocycles. The van der Waals surface area contributed by atoms with Crippen LogP contribution in [0, 0.1) is 0 Å². The van der Waals surface area contributed by atoms with Gasteiger partial charge in [-0.3, -0.25) is 4.79 Å². The Labute approximate surface area is 130 Å². The Morgan fingerprint density at radius 3 is 2.23 bits per heavy atom. The van der Waals surface area contributed by atoms with Gasteiger partial charge in [0.1, 0.15) is 10.6 Å². The van der Waals surface area contributed by atoms with E-state index in [2.05, 4.69) is 0 Å². The molecule has 0 bridgehead atoms. The molecule has 0 amide bonds. The zero-order valence-electron chi connectivity index (χ0n) is 12.7. The van der Waals surface area contributed by atoms with E-state index in [-0.39, 0.29) is 22.3 Å². The summed E-state index contributed by atoms with van der Waals surface area (Å²) in [4.78, 5) is 11.2. The molecule has 116 valence electrons. The van der Waals surface area contributed by atoms with Gasteiger partial charge in [-0.2, -0.15) is 8.42 Å². The van der Waals surface area contributed by atoms with E-state index in [9.17, 15) is 13.2 Å². The lowest BCUT2D eigenvalue weighted by molar-refractivity contribution is 0.101. The first-order chi connectivity index (χ1) is 10.3. The number of rotatable bonds is 5. The molecule has 5 heteroatoms. The fraction of sp³-hybridized carbons (Fsp3) is 0.235. The first-order valence-corrected chi connectivity index (χ1v) is 8.36. The van der Waals surface area contributed by atoms with E-state index in [0.29, 0.717) is 5.56 Å². The molecule has 0 saturated carbocycles. The first-order valence-electron chi connectivity index (χ1n) is 6.95. The van der Waals surface area contributed by atoms with Crippen LogP contribution in [0.2, 0.25) is 0 Å². The van der Waals surface area contributed by atoms with E-state index in [1.54, 1.807) is 18.2 Å². The van der Waals surface area contributed by atoms with Crippen LogP contribution < -0.4 is 4.18 Å². The molecule has 4 nitrogen and oxygen atoms in total. The standard InChI is InChI=1S/C17H18O4S/c1-12(2)15-5-4-6-16(11-15)21-22(19,20)17-9-7-14(8-10-17)13(3)18/h4-12H,1-3H3. The van der Waals surface area contributed by atoms with Crippen molar-refractivity contribution in [2.24, 2.45) is 0 Å². The summed E-state index contributed by atoms with van der Waals surface area (Å²) in [5, 5.41) is 0. The van der Waals surface area contributed by atoms with Gasteiger partial charge < -0.3 is 4.18 Å². The maximum Gasteiger partial charge on any atom is 0.339 e. The minimum Gasteiger partial charge on any atom is -0.379 e. The Morgan fingerprint density at radius 2 is 1.68 bits per heavy atom. The van der Waals surface area contributed by atoms with Crippen molar-refractivity contribution in [1.82, 2.24) is 0 Å². The van der Waals surface area contributed by atoms with Crippen molar-refractivity contribution in [3.05, 3.63) is 59.7 Å². The lowest BCUT2D eigenvalue weighted by atomic mass is 10.0. The highest BCUT2D eigenvalue weighted by Crippen LogP contribution is 2.23. The van der Waals surface area contributed by atoms with Crippen LogP contribution in [-0.4, -0.2) is 14.2 Å². The lowest BCUT2D eigenvalue weighted by Gasteiger charge is -2.10. The van der Waals surface area contributed by atoms with Crippen molar-refractivity contribution in [2.45, 2.75) is 31.6 Å². The highest BCUT2D eigenvalue weighted by Gasteiger charge is 2.17. The second-order valence-electron chi connectivity index (χ2n) is 5.35. The van der Waals surface area contributed by atoms with Crippen molar-refractivity contribution < 1.29 is 17.4 Å². The quantitative estimate of drug-likeness (QED) is 0.622. The van der Waals surface area contributed by atoms with E-state index in [1.807, 2.05) is 19.9 Å². The van der Waals surface area contributed by atoms with Crippen LogP contribution in [0.3, 0.4) is 0 Å². The molecule has 2 rings (SSSR count). The number of hydrogen-bond donors (Lipinski definition) is 0. The van der Waals surface area contributed by atoms with Crippen LogP contribution in [0.15, 0.2) is 53.4 Å². The fourth-order valence-corrected chi connectivity index (χ4v) is 2.88. The predicted molar refractivity (Wildman–Crippen MR) is 84.8 cm³/mol. The minimum atomic E-state index is -3.91. The average Bonchev–Trinajstić information content (AvgIpc) is 2.47. The van der Waals surface area contributed by atoms with Crippen molar-refractivity contribution in [2.75, 3.05) is 0 Å². The van der Waals surface area contributed by atoms with Crippen LogP contribution in [0.1, 0.15) is 42.6 Å². The van der Waals surface area contributed by atoms with Gasteiger partial charge in [-0.15, -0.1) is 0 Å². The monoisotopic (exact) mass is 318 g/mol. The molecule has 0 spiro atoms. The molecule has 0 N–H and O–H groups in total. The molecule has 0 unspecified atom stereocenters. The molecule has 0 fully saturated rings. The van der Waals surface area contributed by atoms with Crippen LogP contribution in [-0.2, 0) is 10.1 Å². The molecule has 0 aliphatic heterocycles. The predicted octanol–water partition coefficient (Wildman–Crippen LogP) is 3.78. The number of carbonyl (C=O) groups excluding carboxylic acids is 1. The Kier molecular flexibility index (Phi) is 4.66. The van der Waals surface area contributed by atoms with Gasteiger partial charge in [-0.25, -0.2) is 0 Å². The van der Waals surface area contributed by atoms with E-state index < -0.39 is 10.1 Å². The lowest BCUT2D eigenvalue weighted by Crippen LogP contribution is -2.10. The summed E-state index contributed by atoms with van der Waals surface area (Å²) < 4.78 is 29.7. The zero-order valence-corrected chi connectivity index (χ0v) is 13.6. The molecular weight excluding hydrogens is 300 g/mol. The van der Waals surface area contributed by atoms with Gasteiger partial charge in [0.15, 0.2) is 5.78 Å². The second kappa shape index (κ2) is 6.32. The van der Waals surface area contributed by atoms with Gasteiger partial charge in [0.2, 0.25) is 0 Å². The average molecular weight is 318 g/mol. The summed E-state index contributed by atoms with van der Waals surface area (Å²) in [6.07, 6.45) is 0. The molecule has 2 aromatic rings. The number of Topliss-reactive ketones (excluding diaryl/α,β-unsaturated/α-hetero) is 1. The minimum absolute atomic E-state index is 0.0208. The van der Waals surface area contributed by atoms with Gasteiger partial charge in [-0.05, 0) is 42.7 Å². The largest absolute Gasteiger partial charge is 0.379 e. The molecule has 0 aliphatic rings. The summed E-state index contributed by atoms with van der Waals surface area (Å²) in [6.45, 7) is 5.47. The highest BCUT2D eigenvalue weighted by molar-refractivity contribution is 7.87. The van der Waals surface area contributed by atoms with E-state index in [1.165, 1.54) is 31.2 Å². The molecular formula is C17H18O4S. The van der Waals surface area contributed by atoms with Gasteiger partial charge in [0.25, 0.3) is 0 Å². The van der Waals surface area contributed by atoms with Crippen LogP contribution >= 0.6 is 0 Å². The summed E-state index contributed by atoms with van der Waals surface area (Å²) in [5.41, 5.74) is 1.46. The maximum absolute atomic E-state index is 12.3. The van der Waals surface area contributed by atoms with Crippen molar-refractivity contribution in [3.8, 4) is 5.75 Å². The SMILES string of the molecule is CC(=O)c1ccc(S(=O)(=O)Oc2cccc(C(C)C)c2)cc1. The Bertz CT molecular complexity index is 775. The topological polar surface area (TPSA) is 60.4 Å². The summed E-state index contributed by atoms with van der Waals surface area (Å²) >= 11 is 0. The number of carbonyl (C=O) groups is 1. The number of benzene rings is 2. The molecule has 0 heterocycles. The van der Waals surface area contributed by atoms with E-state index in [4.69, 9.17) is 4.18 Å². The number of hydrogen-bond acceptors (Lipinski definition) is 4. The third-order valence-corrected chi connectivity index (χ3v) is 4.54. The van der Waals surface area contributed by atoms with E-state index in [0.717, 1.165) is 5.56 Å². The third-order valence-electron chi connectivity index (χ3n) is 3.28. The van der Waals surface area contributed by atoms with Crippen LogP contribution in [0.4, 0.5) is 0 Å². The van der Waals surface area contributed by atoms with E-state index >= 15 is 0 Å². The summed E-state index contributed by atoms with van der Waals surface area (Å²) in [7, 11) is -3.91. The smallest absolute Gasteiger partial charge is 0.339 e. The Balaban J connectivity index is 2.27. The summed E-state index contributed by atoms with van der Waals surface area (Å²) in [6, 6.07) is 12.7. The Hall–Kier alpha value is -2.14. The van der Waals surface area contributed by atoms with Gasteiger partial charge >= 0.3 is 10.1 Å². The van der Waals surface area contributed by atoms with Crippen LogP contribution in [0.5, 0.6) is 5.75 Å². The molecule has 0 atom stereocenters. The van der Waals surface area contributed by atoms with Gasteiger partial charge in [0, 0.05) is 5.56 Å². The van der Waals surface area contributed by atoms with Crippen molar-refractivity contribution >= 4 is 15.9 Å². The molecule has 22 heavy (non-hydrogen) atoms. The van der Waals surface area contributed by atoms with Crippen molar-refractivity contribution in [3.63, 3.8) is 0 Å². The van der Waals surface area contributed by atoms with Gasteiger partial charge in [-0.1, -0.05) is 38.1 Å². The normalized spacial score (nSPS) is 11.5. The maximum atomic E-state index is 12.3. The fourth-order valence-electron chi connectivity index (χ4n) is 1.96. The second-order valence-corrected chi connectivity index (χ2v) is 6.89. The zero-order chi connectivity index (χ0) is 16.3.